The van der Waals surface area contributed by atoms with E-state index < -0.39 is 5.54 Å². The van der Waals surface area contributed by atoms with Crippen molar-refractivity contribution in [3.63, 3.8) is 0 Å². The molecule has 0 unspecified atom stereocenters. The average molecular weight is 278 g/mol. The van der Waals surface area contributed by atoms with E-state index in [2.05, 4.69) is 4.98 Å². The second kappa shape index (κ2) is 5.26. The number of hydrogen-bond donors (Lipinski definition) is 0. The van der Waals surface area contributed by atoms with E-state index >= 15 is 0 Å². The molecule has 0 saturated carbocycles. The summed E-state index contributed by atoms with van der Waals surface area (Å²) in [5, 5.41) is 0. The van der Waals surface area contributed by atoms with Gasteiger partial charge in [-0.25, -0.2) is 4.98 Å². The second-order valence-electron chi connectivity index (χ2n) is 5.60. The van der Waals surface area contributed by atoms with Crippen molar-refractivity contribution in [2.45, 2.75) is 38.8 Å². The first kappa shape index (κ1) is 14.6. The zero-order valence-corrected chi connectivity index (χ0v) is 12.6. The summed E-state index contributed by atoms with van der Waals surface area (Å²) in [7, 11) is 3.45. The Hall–Kier alpha value is -1.85. The lowest BCUT2D eigenvalue weighted by Gasteiger charge is -2.35. The molecule has 0 spiro atoms. The number of hydrogen-bond acceptors (Lipinski definition) is 3. The number of rotatable bonds is 3. The van der Waals surface area contributed by atoms with E-state index in [9.17, 15) is 9.59 Å². The van der Waals surface area contributed by atoms with Gasteiger partial charge in [0.1, 0.15) is 11.2 Å². The van der Waals surface area contributed by atoms with Crippen LogP contribution >= 0.6 is 0 Å². The van der Waals surface area contributed by atoms with Gasteiger partial charge in [0.15, 0.2) is 0 Å². The predicted molar refractivity (Wildman–Crippen MR) is 75.3 cm³/mol. The molecule has 2 heterocycles. The molecule has 2 amide bonds. The van der Waals surface area contributed by atoms with E-state index in [4.69, 9.17) is 0 Å². The molecule has 1 saturated heterocycles. The highest BCUT2D eigenvalue weighted by molar-refractivity contribution is 5.98. The Balaban J connectivity index is 2.32. The molecule has 1 aromatic heterocycles. The molecule has 110 valence electrons. The van der Waals surface area contributed by atoms with Crippen molar-refractivity contribution in [3.8, 4) is 0 Å². The summed E-state index contributed by atoms with van der Waals surface area (Å²) < 4.78 is 1.81. The van der Waals surface area contributed by atoms with Crippen LogP contribution in [0.1, 0.15) is 37.2 Å². The first-order chi connectivity index (χ1) is 9.41. The highest BCUT2D eigenvalue weighted by atomic mass is 16.2. The maximum absolute atomic E-state index is 12.7. The minimum absolute atomic E-state index is 0.0223. The van der Waals surface area contributed by atoms with Crippen LogP contribution in [0.3, 0.4) is 0 Å². The fourth-order valence-corrected chi connectivity index (χ4v) is 2.88. The molecule has 1 atom stereocenters. The van der Waals surface area contributed by atoms with Gasteiger partial charge in [-0.15, -0.1) is 0 Å². The predicted octanol–water partition coefficient (Wildman–Crippen LogP) is 0.986. The van der Waals surface area contributed by atoms with Crippen molar-refractivity contribution in [1.29, 1.82) is 0 Å². The van der Waals surface area contributed by atoms with Gasteiger partial charge in [-0.2, -0.15) is 0 Å². The monoisotopic (exact) mass is 278 g/mol. The summed E-state index contributed by atoms with van der Waals surface area (Å²) >= 11 is 0. The molecule has 1 aliphatic heterocycles. The van der Waals surface area contributed by atoms with E-state index in [1.807, 2.05) is 13.8 Å². The number of aryl methyl sites for hydroxylation is 1. The van der Waals surface area contributed by atoms with Crippen molar-refractivity contribution < 1.29 is 9.59 Å². The Kier molecular flexibility index (Phi) is 3.83. The van der Waals surface area contributed by atoms with Crippen molar-refractivity contribution in [2.24, 2.45) is 0 Å². The van der Waals surface area contributed by atoms with Crippen molar-refractivity contribution >= 4 is 11.8 Å². The van der Waals surface area contributed by atoms with Crippen LogP contribution in [0, 0.1) is 0 Å². The molecular formula is C14H22N4O2. The van der Waals surface area contributed by atoms with Crippen molar-refractivity contribution in [1.82, 2.24) is 19.4 Å². The highest BCUT2D eigenvalue weighted by Gasteiger charge is 2.47. The van der Waals surface area contributed by atoms with Crippen molar-refractivity contribution in [3.05, 3.63) is 18.2 Å². The number of likely N-dealkylation sites (tertiary alicyclic amines) is 1. The fourth-order valence-electron chi connectivity index (χ4n) is 2.88. The summed E-state index contributed by atoms with van der Waals surface area (Å²) in [4.78, 5) is 32.4. The number of carbonyl (C=O) groups excluding carboxylic acids is 2. The molecule has 0 radical (unpaired) electrons. The third-order valence-electron chi connectivity index (χ3n) is 4.03. The number of carbonyl (C=O) groups is 2. The molecule has 0 bridgehead atoms. The second-order valence-corrected chi connectivity index (χ2v) is 5.60. The zero-order valence-electron chi connectivity index (χ0n) is 12.6. The lowest BCUT2D eigenvalue weighted by atomic mass is 9.97. The number of imidazole rings is 1. The molecule has 6 nitrogen and oxygen atoms in total. The first-order valence-electron chi connectivity index (χ1n) is 6.95. The van der Waals surface area contributed by atoms with E-state index in [1.165, 1.54) is 0 Å². The summed E-state index contributed by atoms with van der Waals surface area (Å²) in [5.74, 6) is -0.134. The van der Waals surface area contributed by atoms with E-state index in [0.29, 0.717) is 25.2 Å². The minimum Gasteiger partial charge on any atom is -0.347 e. The number of nitrogens with zero attached hydrogens (tertiary/aromatic N) is 4. The molecular weight excluding hydrogens is 256 g/mol. The Labute approximate surface area is 119 Å². The molecule has 20 heavy (non-hydrogen) atoms. The minimum atomic E-state index is -0.747. The van der Waals surface area contributed by atoms with Crippen molar-refractivity contribution in [2.75, 3.05) is 20.6 Å². The lowest BCUT2D eigenvalue weighted by Crippen LogP contribution is -2.55. The largest absolute Gasteiger partial charge is 0.347 e. The molecule has 2 rings (SSSR count). The topological polar surface area (TPSA) is 58.4 Å². The van der Waals surface area contributed by atoms with Gasteiger partial charge in [-0.05, 0) is 26.7 Å². The molecule has 6 heteroatoms. The van der Waals surface area contributed by atoms with Gasteiger partial charge in [0, 0.05) is 27.2 Å². The Morgan fingerprint density at radius 2 is 2.15 bits per heavy atom. The average Bonchev–Trinajstić information content (AvgIpc) is 3.03. The zero-order chi connectivity index (χ0) is 14.9. The van der Waals surface area contributed by atoms with E-state index in [0.717, 1.165) is 6.42 Å². The van der Waals surface area contributed by atoms with Crippen LogP contribution in [0.5, 0.6) is 0 Å². The van der Waals surface area contributed by atoms with Gasteiger partial charge in [0.2, 0.25) is 5.91 Å². The molecule has 1 aromatic rings. The third-order valence-corrected chi connectivity index (χ3v) is 4.03. The van der Waals surface area contributed by atoms with E-state index in [-0.39, 0.29) is 11.8 Å². The third kappa shape index (κ3) is 2.19. The Morgan fingerprint density at radius 3 is 2.75 bits per heavy atom. The van der Waals surface area contributed by atoms with Gasteiger partial charge in [0.25, 0.3) is 5.91 Å². The van der Waals surface area contributed by atoms with Crippen LogP contribution < -0.4 is 0 Å². The number of aromatic nitrogens is 2. The van der Waals surface area contributed by atoms with Gasteiger partial charge in [-0.3, -0.25) is 9.59 Å². The van der Waals surface area contributed by atoms with Crippen LogP contribution in [0.25, 0.3) is 0 Å². The van der Waals surface area contributed by atoms with E-state index in [1.54, 1.807) is 41.0 Å². The van der Waals surface area contributed by atoms with Crippen LogP contribution in [0.2, 0.25) is 0 Å². The SMILES string of the molecule is CCn1cncc1C(=O)N1CCC[C@@]1(C)C(=O)N(C)C. The van der Waals surface area contributed by atoms with Gasteiger partial charge in [0.05, 0.1) is 12.5 Å². The summed E-state index contributed by atoms with van der Waals surface area (Å²) in [5.41, 5.74) is -0.198. The van der Waals surface area contributed by atoms with Crippen LogP contribution in [0.15, 0.2) is 12.5 Å². The normalized spacial score (nSPS) is 22.1. The molecule has 0 N–H and O–H groups in total. The maximum Gasteiger partial charge on any atom is 0.273 e. The first-order valence-corrected chi connectivity index (χ1v) is 6.95. The highest BCUT2D eigenvalue weighted by Crippen LogP contribution is 2.31. The van der Waals surface area contributed by atoms with Gasteiger partial charge < -0.3 is 14.4 Å². The van der Waals surface area contributed by atoms with Crippen LogP contribution in [0.4, 0.5) is 0 Å². The Bertz CT molecular complexity index is 523. The number of likely N-dealkylation sites (N-methyl/N-ethyl adjacent to an activating group) is 1. The maximum atomic E-state index is 12.7. The quantitative estimate of drug-likeness (QED) is 0.828. The van der Waals surface area contributed by atoms with Gasteiger partial charge >= 0.3 is 0 Å². The summed E-state index contributed by atoms with van der Waals surface area (Å²) in [6, 6.07) is 0. The molecule has 1 fully saturated rings. The molecule has 1 aliphatic rings. The van der Waals surface area contributed by atoms with Gasteiger partial charge in [-0.1, -0.05) is 0 Å². The smallest absolute Gasteiger partial charge is 0.273 e. The standard InChI is InChI=1S/C14H22N4O2/c1-5-17-10-15-9-11(17)12(19)18-8-6-7-14(18,2)13(20)16(3)4/h9-10H,5-8H2,1-4H3/t14-/m0/s1. The molecule has 0 aromatic carbocycles. The lowest BCUT2D eigenvalue weighted by molar-refractivity contribution is -0.138. The summed E-state index contributed by atoms with van der Waals surface area (Å²) in [6.45, 7) is 5.12. The number of amides is 2. The Morgan fingerprint density at radius 1 is 1.45 bits per heavy atom. The fraction of sp³-hybridized carbons (Fsp3) is 0.643. The molecule has 0 aliphatic carbocycles. The van der Waals surface area contributed by atoms with Crippen LogP contribution in [-0.4, -0.2) is 57.3 Å². The summed E-state index contributed by atoms with van der Waals surface area (Å²) in [6.07, 6.45) is 4.78. The van der Waals surface area contributed by atoms with Crippen LogP contribution in [-0.2, 0) is 11.3 Å².